The third-order valence-electron chi connectivity index (χ3n) is 0.796. The molecule has 0 bridgehead atoms. The molecule has 3 nitrogen and oxygen atoms in total. The summed E-state index contributed by atoms with van der Waals surface area (Å²) >= 11 is 0. The highest BCUT2D eigenvalue weighted by Crippen LogP contribution is 1.96. The Hall–Kier alpha value is -0.570. The first-order valence-electron chi connectivity index (χ1n) is 4.28. The van der Waals surface area contributed by atoms with Crippen molar-refractivity contribution in [2.24, 2.45) is 5.73 Å². The van der Waals surface area contributed by atoms with Gasteiger partial charge in [-0.2, -0.15) is 0 Å². The zero-order chi connectivity index (χ0) is 9.99. The molecule has 3 N–H and O–H groups in total. The Bertz CT molecular complexity index is 182. The minimum atomic E-state index is -2.55. The van der Waals surface area contributed by atoms with Gasteiger partial charge in [0.25, 0.3) is 0 Å². The van der Waals surface area contributed by atoms with Gasteiger partial charge < -0.3 is 10.8 Å². The minimum absolute atomic E-state index is 0.0285. The van der Waals surface area contributed by atoms with Gasteiger partial charge >= 0.3 is 5.97 Å². The number of carboxylic acids is 1. The molecule has 3 heteroatoms. The Morgan fingerprint density at radius 3 is 3.00 bits per heavy atom. The van der Waals surface area contributed by atoms with Crippen molar-refractivity contribution in [3.63, 3.8) is 0 Å². The van der Waals surface area contributed by atoms with Crippen LogP contribution < -0.4 is 5.73 Å². The van der Waals surface area contributed by atoms with Crippen LogP contribution in [-0.4, -0.2) is 17.1 Å². The van der Waals surface area contributed by atoms with Gasteiger partial charge in [-0.15, -0.1) is 0 Å². The van der Waals surface area contributed by atoms with Gasteiger partial charge in [0.15, 0.2) is 0 Å². The fourth-order valence-electron chi connectivity index (χ4n) is 0.335. The third-order valence-corrected chi connectivity index (χ3v) is 0.796. The summed E-state index contributed by atoms with van der Waals surface area (Å²) in [6, 6.07) is -2.55. The first-order valence-corrected chi connectivity index (χ1v) is 2.78. The van der Waals surface area contributed by atoms with E-state index in [1.54, 1.807) is 6.92 Å². The predicted molar refractivity (Wildman–Crippen MR) is 35.1 cm³/mol. The number of carbonyl (C=O) groups is 1. The molecule has 0 fully saturated rings. The fraction of sp³-hybridized carbons (Fsp3) is 0.833. The van der Waals surface area contributed by atoms with Gasteiger partial charge in [-0.05, 0) is 6.37 Å². The highest BCUT2D eigenvalue weighted by atomic mass is 16.4. The number of nitrogens with two attached hydrogens (primary N) is 1. The van der Waals surface area contributed by atoms with Gasteiger partial charge in [-0.1, -0.05) is 19.8 Å². The molecular weight excluding hydrogens is 118 g/mol. The van der Waals surface area contributed by atoms with Crippen molar-refractivity contribution in [3.05, 3.63) is 0 Å². The zero-order valence-corrected chi connectivity index (χ0v) is 5.35. The molecule has 0 aromatic rings. The van der Waals surface area contributed by atoms with Crippen LogP contribution in [-0.2, 0) is 4.79 Å². The van der Waals surface area contributed by atoms with E-state index >= 15 is 0 Å². The van der Waals surface area contributed by atoms with E-state index < -0.39 is 18.4 Å². The van der Waals surface area contributed by atoms with Gasteiger partial charge in [-0.25, -0.2) is 0 Å². The number of aliphatic carboxylic acids is 1. The molecule has 0 rings (SSSR count). The lowest BCUT2D eigenvalue weighted by Crippen LogP contribution is -2.29. The maximum atomic E-state index is 10.4. The smallest absolute Gasteiger partial charge is 0.320 e. The highest BCUT2D eigenvalue weighted by Gasteiger charge is 2.08. The van der Waals surface area contributed by atoms with Gasteiger partial charge in [0.05, 0.1) is 1.37 Å². The van der Waals surface area contributed by atoms with E-state index in [-0.39, 0.29) is 6.42 Å². The van der Waals surface area contributed by atoms with Crippen LogP contribution in [0, 0.1) is 0 Å². The standard InChI is InChI=1S/C6H13NO2/c1-2-3-4-5(7)6(8)9/h5H,2-4,7H2,1H3,(H,8,9)/t5-/m0/s1/i4D2,5D. The number of hydrogen-bond acceptors (Lipinski definition) is 2. The Kier molecular flexibility index (Phi) is 2.05. The normalized spacial score (nSPS) is 23.1. The molecule has 0 radical (unpaired) electrons. The van der Waals surface area contributed by atoms with E-state index in [0.717, 1.165) is 0 Å². The first-order chi connectivity index (χ1) is 5.25. The Morgan fingerprint density at radius 2 is 2.67 bits per heavy atom. The Balaban J connectivity index is 4.62. The molecule has 54 valence electrons. The van der Waals surface area contributed by atoms with Crippen LogP contribution in [0.2, 0.25) is 0 Å². The molecule has 1 atom stereocenters. The van der Waals surface area contributed by atoms with Crippen LogP contribution in [0.25, 0.3) is 0 Å². The monoisotopic (exact) mass is 134 g/mol. The van der Waals surface area contributed by atoms with Crippen molar-refractivity contribution >= 4 is 5.97 Å². The van der Waals surface area contributed by atoms with Crippen LogP contribution in [0.3, 0.4) is 0 Å². The average molecular weight is 134 g/mol. The molecule has 0 amide bonds. The Labute approximate surface area is 59.1 Å². The summed E-state index contributed by atoms with van der Waals surface area (Å²) < 4.78 is 21.6. The molecule has 0 saturated heterocycles. The van der Waals surface area contributed by atoms with Crippen LogP contribution in [0.5, 0.6) is 0 Å². The third kappa shape index (κ3) is 3.97. The van der Waals surface area contributed by atoms with Crippen molar-refractivity contribution in [2.75, 3.05) is 0 Å². The average Bonchev–Trinajstić information content (AvgIpc) is 1.86. The van der Waals surface area contributed by atoms with E-state index in [1.165, 1.54) is 0 Å². The van der Waals surface area contributed by atoms with E-state index in [9.17, 15) is 4.79 Å². The van der Waals surface area contributed by atoms with Gasteiger partial charge in [0, 0.05) is 2.74 Å². The van der Waals surface area contributed by atoms with Crippen molar-refractivity contribution in [3.8, 4) is 0 Å². The lowest BCUT2D eigenvalue weighted by atomic mass is 10.1. The predicted octanol–water partition coefficient (Wildman–Crippen LogP) is 0.589. The second-order valence-electron chi connectivity index (χ2n) is 1.65. The topological polar surface area (TPSA) is 63.3 Å². The summed E-state index contributed by atoms with van der Waals surface area (Å²) in [5, 5.41) is 8.45. The molecule has 0 aliphatic carbocycles. The fourth-order valence-corrected chi connectivity index (χ4v) is 0.335. The maximum Gasteiger partial charge on any atom is 0.320 e. The summed E-state index contributed by atoms with van der Waals surface area (Å²) in [4.78, 5) is 10.4. The zero-order valence-electron chi connectivity index (χ0n) is 8.35. The van der Waals surface area contributed by atoms with Crippen molar-refractivity contribution in [2.45, 2.75) is 32.2 Å². The maximum absolute atomic E-state index is 10.4. The van der Waals surface area contributed by atoms with Gasteiger partial charge in [-0.3, -0.25) is 4.79 Å². The molecular formula is C6H13NO2. The molecule has 0 aromatic carbocycles. The number of rotatable bonds is 4. The van der Waals surface area contributed by atoms with Gasteiger partial charge in [0.1, 0.15) is 6.02 Å². The molecule has 9 heavy (non-hydrogen) atoms. The SMILES string of the molecule is [2H]C([2H])(CCC)[C@]([2H])(N)C(=O)O. The second-order valence-corrected chi connectivity index (χ2v) is 1.65. The number of hydrogen-bond donors (Lipinski definition) is 2. The molecule has 0 heterocycles. The molecule has 0 spiro atoms. The highest BCUT2D eigenvalue weighted by molar-refractivity contribution is 5.72. The molecule has 0 saturated carbocycles. The first kappa shape index (κ1) is 4.28. The summed E-state index contributed by atoms with van der Waals surface area (Å²) in [6.07, 6.45) is -1.76. The lowest BCUT2D eigenvalue weighted by Gasteiger charge is -2.02. The van der Waals surface area contributed by atoms with Crippen molar-refractivity contribution in [1.82, 2.24) is 0 Å². The molecule has 0 unspecified atom stereocenters. The molecule has 0 aromatic heterocycles. The van der Waals surface area contributed by atoms with Crippen molar-refractivity contribution < 1.29 is 14.0 Å². The van der Waals surface area contributed by atoms with E-state index in [2.05, 4.69) is 0 Å². The van der Waals surface area contributed by atoms with Crippen LogP contribution >= 0.6 is 0 Å². The van der Waals surface area contributed by atoms with Crippen LogP contribution in [0.15, 0.2) is 0 Å². The quantitative estimate of drug-likeness (QED) is 0.591. The van der Waals surface area contributed by atoms with Crippen molar-refractivity contribution in [1.29, 1.82) is 0 Å². The lowest BCUT2D eigenvalue weighted by molar-refractivity contribution is -0.138. The summed E-state index contributed by atoms with van der Waals surface area (Å²) in [5.41, 5.74) is 5.02. The Morgan fingerprint density at radius 1 is 2.11 bits per heavy atom. The molecule has 0 aliphatic rings. The van der Waals surface area contributed by atoms with E-state index in [1.807, 2.05) is 0 Å². The van der Waals surface area contributed by atoms with Crippen LogP contribution in [0.1, 0.15) is 30.3 Å². The molecule has 0 aliphatic heterocycles. The largest absolute Gasteiger partial charge is 0.480 e. The number of carboxylic acid groups (broad SMARTS) is 1. The summed E-state index contributed by atoms with van der Waals surface area (Å²) in [7, 11) is 0. The second kappa shape index (κ2) is 4.32. The summed E-state index contributed by atoms with van der Waals surface area (Å²) in [6.45, 7) is 1.70. The van der Waals surface area contributed by atoms with Crippen LogP contribution in [0.4, 0.5) is 0 Å². The minimum Gasteiger partial charge on any atom is -0.480 e. The van der Waals surface area contributed by atoms with Gasteiger partial charge in [0.2, 0.25) is 0 Å². The summed E-state index contributed by atoms with van der Waals surface area (Å²) in [5.74, 6) is -1.64. The van der Waals surface area contributed by atoms with E-state index in [4.69, 9.17) is 15.0 Å². The van der Waals surface area contributed by atoms with E-state index in [0.29, 0.717) is 6.42 Å².